The molecule has 0 heterocycles. The summed E-state index contributed by atoms with van der Waals surface area (Å²) in [6.07, 6.45) is -1.30. The maximum Gasteiger partial charge on any atom is 0.335 e. The van der Waals surface area contributed by atoms with Gasteiger partial charge in [0.15, 0.2) is 1.41 Å². The van der Waals surface area contributed by atoms with Gasteiger partial charge in [-0.2, -0.15) is 0 Å². The zero-order valence-electron chi connectivity index (χ0n) is 15.3. The normalized spacial score (nSPS) is 22.3. The van der Waals surface area contributed by atoms with Gasteiger partial charge < -0.3 is 4.74 Å². The van der Waals surface area contributed by atoms with Gasteiger partial charge in [0, 0.05) is 2.74 Å². The first-order chi connectivity index (χ1) is 12.0. The molecule has 0 aliphatic heterocycles. The second kappa shape index (κ2) is 7.31. The van der Waals surface area contributed by atoms with Crippen molar-refractivity contribution in [3.8, 4) is 0 Å². The van der Waals surface area contributed by atoms with Crippen LogP contribution < -0.4 is 4.72 Å². The van der Waals surface area contributed by atoms with Crippen LogP contribution in [0.25, 0.3) is 0 Å². The predicted molar refractivity (Wildman–Crippen MR) is 86.3 cm³/mol. The topological polar surface area (TPSA) is 72.5 Å². The fourth-order valence-corrected chi connectivity index (χ4v) is 3.84. The van der Waals surface area contributed by atoms with Crippen LogP contribution in [0.2, 0.25) is 6.43 Å². The Labute approximate surface area is 143 Å². The lowest BCUT2D eigenvalue weighted by Crippen LogP contribution is -2.34. The Morgan fingerprint density at radius 2 is 2.35 bits per heavy atom. The van der Waals surface area contributed by atoms with E-state index in [1.54, 1.807) is 0 Å². The summed E-state index contributed by atoms with van der Waals surface area (Å²) in [5.74, 6) is -1.65. The van der Waals surface area contributed by atoms with E-state index >= 15 is 0 Å². The van der Waals surface area contributed by atoms with E-state index < -0.39 is 33.4 Å². The molecule has 126 valence electrons. The first kappa shape index (κ1) is 13.8. The lowest BCUT2D eigenvalue weighted by atomic mass is 9.99. The Bertz CT molecular complexity index is 847. The molecule has 5 nitrogen and oxygen atoms in total. The molecule has 0 saturated carbocycles. The number of sulfonamides is 1. The van der Waals surface area contributed by atoms with E-state index in [0.717, 1.165) is 24.3 Å². The zero-order chi connectivity index (χ0) is 19.7. The third kappa shape index (κ3) is 4.23. The summed E-state index contributed by atoms with van der Waals surface area (Å²) in [6, 6.07) is 2.87. The smallest absolute Gasteiger partial charge is 0.335 e. The van der Waals surface area contributed by atoms with Crippen LogP contribution in [0.15, 0.2) is 29.8 Å². The Hall–Kier alpha value is -1.60. The van der Waals surface area contributed by atoms with Gasteiger partial charge in [-0.25, -0.2) is 17.6 Å². The minimum absolute atomic E-state index is 0.0136. The SMILES string of the molecule is [2H]N(c1ccc(F)cc1Cl)S(=O)(=O)[C@@H]1CCC([2H])([2H])C=C1C(=O)OCC. The van der Waals surface area contributed by atoms with E-state index in [2.05, 4.69) is 0 Å². The second-order valence-corrected chi connectivity index (χ2v) is 6.94. The Morgan fingerprint density at radius 3 is 3.00 bits per heavy atom. The van der Waals surface area contributed by atoms with Crippen molar-refractivity contribution in [2.75, 3.05) is 11.3 Å². The van der Waals surface area contributed by atoms with Crippen molar-refractivity contribution in [1.82, 2.24) is 0 Å². The lowest BCUT2D eigenvalue weighted by Gasteiger charge is -2.24. The van der Waals surface area contributed by atoms with Crippen molar-refractivity contribution >= 4 is 33.3 Å². The molecule has 0 unspecified atom stereocenters. The number of ether oxygens (including phenoxy) is 1. The Balaban J connectivity index is 2.47. The molecule has 1 aromatic rings. The van der Waals surface area contributed by atoms with Crippen molar-refractivity contribution in [2.24, 2.45) is 0 Å². The van der Waals surface area contributed by atoms with Crippen LogP contribution in [0.5, 0.6) is 0 Å². The van der Waals surface area contributed by atoms with E-state index in [-0.39, 0.29) is 40.4 Å². The number of esters is 1. The van der Waals surface area contributed by atoms with Gasteiger partial charge in [0.1, 0.15) is 11.1 Å². The first-order valence-corrected chi connectivity index (χ1v) is 8.75. The highest BCUT2D eigenvalue weighted by molar-refractivity contribution is 7.93. The van der Waals surface area contributed by atoms with E-state index in [1.165, 1.54) is 6.92 Å². The summed E-state index contributed by atoms with van der Waals surface area (Å²) in [4.78, 5) is 12.1. The van der Waals surface area contributed by atoms with E-state index in [4.69, 9.17) is 20.5 Å². The molecule has 1 N–H and O–H groups in total. The van der Waals surface area contributed by atoms with Crippen molar-refractivity contribution in [2.45, 2.75) is 31.4 Å². The fourth-order valence-electron chi connectivity index (χ4n) is 2.12. The number of rotatable bonds is 5. The highest BCUT2D eigenvalue weighted by atomic mass is 35.5. The average molecular weight is 365 g/mol. The molecule has 23 heavy (non-hydrogen) atoms. The molecule has 1 aliphatic carbocycles. The van der Waals surface area contributed by atoms with Crippen LogP contribution in [0.4, 0.5) is 10.1 Å². The summed E-state index contributed by atoms with van der Waals surface area (Å²) >= 11 is 5.83. The molecule has 0 aromatic heterocycles. The fraction of sp³-hybridized carbons (Fsp3) is 0.400. The van der Waals surface area contributed by atoms with Gasteiger partial charge in [-0.05, 0) is 44.3 Å². The summed E-state index contributed by atoms with van der Waals surface area (Å²) in [5.41, 5.74) is -0.636. The molecule has 0 bridgehead atoms. The largest absolute Gasteiger partial charge is 0.463 e. The van der Waals surface area contributed by atoms with Gasteiger partial charge in [-0.1, -0.05) is 17.7 Å². The third-order valence-electron chi connectivity index (χ3n) is 3.16. The van der Waals surface area contributed by atoms with Crippen molar-refractivity contribution in [3.05, 3.63) is 40.7 Å². The molecule has 2 rings (SSSR count). The van der Waals surface area contributed by atoms with Crippen molar-refractivity contribution in [3.63, 3.8) is 0 Å². The van der Waals surface area contributed by atoms with Crippen LogP contribution in [0.1, 0.15) is 28.9 Å². The third-order valence-corrected chi connectivity index (χ3v) is 5.12. The predicted octanol–water partition coefficient (Wildman–Crippen LogP) is 3.26. The molecule has 0 radical (unpaired) electrons. The zero-order valence-corrected chi connectivity index (χ0v) is 13.8. The molecule has 0 amide bonds. The van der Waals surface area contributed by atoms with Gasteiger partial charge in [0.05, 0.1) is 22.9 Å². The Morgan fingerprint density at radius 1 is 1.61 bits per heavy atom. The highest BCUT2D eigenvalue weighted by Crippen LogP contribution is 2.30. The highest BCUT2D eigenvalue weighted by Gasteiger charge is 2.35. The lowest BCUT2D eigenvalue weighted by molar-refractivity contribution is -0.138. The summed E-state index contributed by atoms with van der Waals surface area (Å²) in [6.45, 7) is 1.52. The van der Waals surface area contributed by atoms with E-state index in [1.807, 2.05) is 0 Å². The number of carbonyl (C=O) groups excluding carboxylic acids is 1. The standard InChI is InChI=1S/C15H17ClFNO4S/c1-2-22-15(19)11-5-3-4-6-14(11)23(20,21)18-13-8-7-10(17)9-12(13)16/h5,7-9,14,18H,2-4,6H2,1H3/t14-/m1/s1/i3D2/hD. The molecule has 8 heteroatoms. The minimum Gasteiger partial charge on any atom is -0.463 e. The van der Waals surface area contributed by atoms with E-state index in [9.17, 15) is 17.6 Å². The molecule has 1 aromatic carbocycles. The van der Waals surface area contributed by atoms with Crippen molar-refractivity contribution in [1.29, 1.82) is 0 Å². The van der Waals surface area contributed by atoms with Gasteiger partial charge in [-0.15, -0.1) is 0 Å². The second-order valence-electron chi connectivity index (χ2n) is 4.75. The van der Waals surface area contributed by atoms with Crippen LogP contribution in [0.3, 0.4) is 0 Å². The average Bonchev–Trinajstić information content (AvgIpc) is 2.53. The molecule has 1 aliphatic rings. The maximum atomic E-state index is 13.2. The number of hydrogen-bond donors (Lipinski definition) is 1. The molecule has 0 saturated heterocycles. The monoisotopic (exact) mass is 364 g/mol. The number of hydrogen-bond acceptors (Lipinski definition) is 4. The summed E-state index contributed by atoms with van der Waals surface area (Å²) in [5, 5.41) is -1.75. The van der Waals surface area contributed by atoms with Crippen LogP contribution >= 0.6 is 11.6 Å². The number of nitrogens with one attached hydrogen (secondary N) is 1. The number of halogens is 2. The maximum absolute atomic E-state index is 13.2. The number of carbonyl (C=O) groups is 1. The summed E-state index contributed by atoms with van der Waals surface area (Å²) in [7, 11) is -4.46. The minimum atomic E-state index is -4.46. The van der Waals surface area contributed by atoms with Gasteiger partial charge in [0.25, 0.3) is 0 Å². The number of allylic oxidation sites excluding steroid dienone is 1. The van der Waals surface area contributed by atoms with Crippen LogP contribution in [-0.2, 0) is 19.6 Å². The molecule has 0 fully saturated rings. The summed E-state index contributed by atoms with van der Waals surface area (Å²) < 4.78 is 67.4. The molecule has 1 atom stereocenters. The molecular weight excluding hydrogens is 345 g/mol. The van der Waals surface area contributed by atoms with Gasteiger partial charge >= 0.3 is 5.97 Å². The van der Waals surface area contributed by atoms with E-state index in [0.29, 0.717) is 0 Å². The van der Waals surface area contributed by atoms with Gasteiger partial charge in [-0.3, -0.25) is 4.72 Å². The van der Waals surface area contributed by atoms with Gasteiger partial charge in [0.2, 0.25) is 10.0 Å². The number of anilines is 1. The van der Waals surface area contributed by atoms with Crippen LogP contribution in [-0.4, -0.2) is 26.2 Å². The first-order valence-electron chi connectivity index (χ1n) is 8.32. The number of benzene rings is 1. The van der Waals surface area contributed by atoms with Crippen LogP contribution in [0, 0.1) is 5.82 Å². The Kier molecular flexibility index (Phi) is 4.39. The quantitative estimate of drug-likeness (QED) is 0.814. The molecule has 0 spiro atoms. The van der Waals surface area contributed by atoms with Crippen molar-refractivity contribution < 1.29 is 26.5 Å². The molecular formula is C15H17ClFNO4S.